The van der Waals surface area contributed by atoms with E-state index in [2.05, 4.69) is 6.92 Å². The van der Waals surface area contributed by atoms with Crippen molar-refractivity contribution in [2.45, 2.75) is 45.4 Å². The zero-order valence-corrected chi connectivity index (χ0v) is 15.3. The minimum atomic E-state index is -1.89. The Morgan fingerprint density at radius 1 is 0.833 bits per heavy atom. The van der Waals surface area contributed by atoms with E-state index in [1.165, 1.54) is 25.7 Å². The summed E-state index contributed by atoms with van der Waals surface area (Å²) >= 11 is 0. The molecule has 2 aromatic rings. The van der Waals surface area contributed by atoms with E-state index >= 15 is 0 Å². The van der Waals surface area contributed by atoms with Crippen molar-refractivity contribution in [3.05, 3.63) is 54.6 Å². The fraction of sp³-hybridized carbons (Fsp3) is 0.400. The molecule has 24 heavy (non-hydrogen) atoms. The second kappa shape index (κ2) is 11.2. The van der Waals surface area contributed by atoms with Gasteiger partial charge in [-0.25, -0.2) is 0 Å². The average Bonchev–Trinajstić information content (AvgIpc) is 2.62. The highest BCUT2D eigenvalue weighted by Crippen LogP contribution is 2.40. The third kappa shape index (κ3) is 6.60. The molecule has 0 aromatic heterocycles. The molecule has 0 amide bonds. The molecule has 0 aliphatic carbocycles. The van der Waals surface area contributed by atoms with Crippen molar-refractivity contribution in [3.63, 3.8) is 0 Å². The Bertz CT molecular complexity index is 574. The van der Waals surface area contributed by atoms with Gasteiger partial charge >= 0.3 is 8.60 Å². The van der Waals surface area contributed by atoms with Gasteiger partial charge in [0.25, 0.3) is 0 Å². The number of unbranched alkanes of at least 4 members (excludes halogenated alkanes) is 5. The Hall–Kier alpha value is -1.41. The minimum Gasteiger partial charge on any atom is -0.426 e. The van der Waals surface area contributed by atoms with Crippen molar-refractivity contribution in [1.82, 2.24) is 0 Å². The Morgan fingerprint density at radius 3 is 2.29 bits per heavy atom. The van der Waals surface area contributed by atoms with E-state index in [1.54, 1.807) is 0 Å². The van der Waals surface area contributed by atoms with Crippen LogP contribution in [0.2, 0.25) is 0 Å². The smallest absolute Gasteiger partial charge is 0.394 e. The molecule has 0 aliphatic rings. The SMILES string of the molecule is CCCCCCCCOP(O)Oc1ccccc1-c1ccccc1. The molecule has 0 heterocycles. The maximum absolute atomic E-state index is 10.0. The van der Waals surface area contributed by atoms with E-state index in [0.717, 1.165) is 24.0 Å². The molecule has 4 heteroatoms. The molecule has 130 valence electrons. The van der Waals surface area contributed by atoms with Gasteiger partial charge < -0.3 is 13.9 Å². The first-order valence-corrected chi connectivity index (χ1v) is 9.88. The van der Waals surface area contributed by atoms with Gasteiger partial charge in [-0.3, -0.25) is 0 Å². The van der Waals surface area contributed by atoms with Gasteiger partial charge in [-0.2, -0.15) is 0 Å². The lowest BCUT2D eigenvalue weighted by Gasteiger charge is -2.14. The predicted octanol–water partition coefficient (Wildman–Crippen LogP) is 6.33. The first-order valence-electron chi connectivity index (χ1n) is 8.75. The van der Waals surface area contributed by atoms with Crippen molar-refractivity contribution >= 4 is 8.60 Å². The molecule has 0 fully saturated rings. The van der Waals surface area contributed by atoms with Crippen LogP contribution < -0.4 is 4.52 Å². The van der Waals surface area contributed by atoms with Gasteiger partial charge in [0.1, 0.15) is 5.75 Å². The standard InChI is InChI=1S/C20H27O3P/c1-2-3-4-5-6-12-17-22-24(21)23-20-16-11-10-15-19(20)18-13-8-7-9-14-18/h7-11,13-16,21H,2-6,12,17H2,1H3. The number of rotatable bonds is 11. The van der Waals surface area contributed by atoms with Crippen molar-refractivity contribution in [1.29, 1.82) is 0 Å². The molecule has 3 nitrogen and oxygen atoms in total. The first kappa shape index (κ1) is 18.9. The van der Waals surface area contributed by atoms with Crippen LogP contribution in [0.3, 0.4) is 0 Å². The molecule has 0 saturated carbocycles. The minimum absolute atomic E-state index is 0.543. The summed E-state index contributed by atoms with van der Waals surface area (Å²) in [6, 6.07) is 17.7. The van der Waals surface area contributed by atoms with Crippen molar-refractivity contribution < 1.29 is 13.9 Å². The number of benzene rings is 2. The quantitative estimate of drug-likeness (QED) is 0.382. The van der Waals surface area contributed by atoms with Crippen LogP contribution in [-0.2, 0) is 4.52 Å². The molecule has 0 aliphatic heterocycles. The van der Waals surface area contributed by atoms with Crippen LogP contribution in [-0.4, -0.2) is 11.5 Å². The third-order valence-electron chi connectivity index (χ3n) is 3.85. The maximum Gasteiger partial charge on any atom is 0.394 e. The van der Waals surface area contributed by atoms with Gasteiger partial charge in [0.15, 0.2) is 0 Å². The van der Waals surface area contributed by atoms with E-state index < -0.39 is 8.60 Å². The van der Waals surface area contributed by atoms with Crippen molar-refractivity contribution in [2.75, 3.05) is 6.61 Å². The monoisotopic (exact) mass is 346 g/mol. The van der Waals surface area contributed by atoms with E-state index in [4.69, 9.17) is 9.05 Å². The molecule has 0 bridgehead atoms. The summed E-state index contributed by atoms with van der Waals surface area (Å²) in [5.74, 6) is 0.653. The van der Waals surface area contributed by atoms with Crippen molar-refractivity contribution in [2.24, 2.45) is 0 Å². The zero-order chi connectivity index (χ0) is 17.0. The highest BCUT2D eigenvalue weighted by molar-refractivity contribution is 7.41. The van der Waals surface area contributed by atoms with Crippen LogP contribution >= 0.6 is 8.60 Å². The zero-order valence-electron chi connectivity index (χ0n) is 14.4. The summed E-state index contributed by atoms with van der Waals surface area (Å²) < 4.78 is 11.1. The van der Waals surface area contributed by atoms with Crippen LogP contribution in [0.5, 0.6) is 5.75 Å². The molecular weight excluding hydrogens is 319 g/mol. The lowest BCUT2D eigenvalue weighted by molar-refractivity contribution is 0.253. The van der Waals surface area contributed by atoms with Gasteiger partial charge in [-0.05, 0) is 18.1 Å². The topological polar surface area (TPSA) is 38.7 Å². The van der Waals surface area contributed by atoms with E-state index in [-0.39, 0.29) is 0 Å². The molecule has 1 unspecified atom stereocenters. The highest BCUT2D eigenvalue weighted by atomic mass is 31.2. The van der Waals surface area contributed by atoms with E-state index in [1.807, 2.05) is 54.6 Å². The van der Waals surface area contributed by atoms with Gasteiger partial charge in [0.05, 0.1) is 6.61 Å². The first-order chi connectivity index (χ1) is 11.8. The Balaban J connectivity index is 1.79. The molecule has 0 radical (unpaired) electrons. The largest absolute Gasteiger partial charge is 0.426 e. The molecule has 1 atom stereocenters. The fourth-order valence-electron chi connectivity index (χ4n) is 2.54. The summed E-state index contributed by atoms with van der Waals surface area (Å²) in [6.45, 7) is 2.76. The number of hydrogen-bond acceptors (Lipinski definition) is 3. The van der Waals surface area contributed by atoms with Crippen molar-refractivity contribution in [3.8, 4) is 16.9 Å². The number of para-hydroxylation sites is 1. The van der Waals surface area contributed by atoms with Crippen LogP contribution in [0, 0.1) is 0 Å². The Morgan fingerprint density at radius 2 is 1.50 bits per heavy atom. The van der Waals surface area contributed by atoms with Crippen LogP contribution in [0.25, 0.3) is 11.1 Å². The summed E-state index contributed by atoms with van der Waals surface area (Å²) in [5, 5.41) is 0. The molecular formula is C20H27O3P. The summed E-state index contributed by atoms with van der Waals surface area (Å²) in [4.78, 5) is 10.0. The summed E-state index contributed by atoms with van der Waals surface area (Å²) in [6.07, 6.45) is 7.18. The normalized spacial score (nSPS) is 12.1. The van der Waals surface area contributed by atoms with Gasteiger partial charge in [-0.1, -0.05) is 87.6 Å². The van der Waals surface area contributed by atoms with E-state index in [9.17, 15) is 4.89 Å². The van der Waals surface area contributed by atoms with Crippen LogP contribution in [0.15, 0.2) is 54.6 Å². The van der Waals surface area contributed by atoms with Crippen LogP contribution in [0.4, 0.5) is 0 Å². The fourth-order valence-corrected chi connectivity index (χ4v) is 3.20. The molecule has 2 aromatic carbocycles. The summed E-state index contributed by atoms with van der Waals surface area (Å²) in [5.41, 5.74) is 2.02. The Labute approximate surface area is 146 Å². The lowest BCUT2D eigenvalue weighted by atomic mass is 10.1. The second-order valence-corrected chi connectivity index (χ2v) is 6.71. The number of hydrogen-bond donors (Lipinski definition) is 1. The van der Waals surface area contributed by atoms with Gasteiger partial charge in [0.2, 0.25) is 0 Å². The lowest BCUT2D eigenvalue weighted by Crippen LogP contribution is -1.96. The average molecular weight is 346 g/mol. The molecule has 1 N–H and O–H groups in total. The van der Waals surface area contributed by atoms with E-state index in [0.29, 0.717) is 12.4 Å². The summed E-state index contributed by atoms with van der Waals surface area (Å²) in [7, 11) is -1.89. The molecule has 0 spiro atoms. The molecule has 0 saturated heterocycles. The Kier molecular flexibility index (Phi) is 8.83. The van der Waals surface area contributed by atoms with Gasteiger partial charge in [-0.15, -0.1) is 0 Å². The second-order valence-electron chi connectivity index (χ2n) is 5.79. The maximum atomic E-state index is 10.0. The predicted molar refractivity (Wildman–Crippen MR) is 101 cm³/mol. The highest BCUT2D eigenvalue weighted by Gasteiger charge is 2.13. The third-order valence-corrected chi connectivity index (χ3v) is 4.60. The molecule has 2 rings (SSSR count). The van der Waals surface area contributed by atoms with Crippen LogP contribution in [0.1, 0.15) is 45.4 Å². The van der Waals surface area contributed by atoms with Gasteiger partial charge in [0, 0.05) is 5.56 Å².